The largest absolute Gasteiger partial charge is 0.478 e. The number of allylic oxidation sites excluding steroid dienone is 3. The maximum Gasteiger partial charge on any atom is 0.334 e. The first-order valence-corrected chi connectivity index (χ1v) is 9.75. The van der Waals surface area contributed by atoms with E-state index in [9.17, 15) is 15.2 Å². The van der Waals surface area contributed by atoms with E-state index in [-0.39, 0.29) is 16.4 Å². The third kappa shape index (κ3) is 5.25. The number of hydrogen-bond acceptors (Lipinski definition) is 3. The molecule has 0 spiro atoms. The molecule has 28 heavy (non-hydrogen) atoms. The van der Waals surface area contributed by atoms with Crippen molar-refractivity contribution in [2.75, 3.05) is 0 Å². The Morgan fingerprint density at radius 2 is 1.54 bits per heavy atom. The van der Waals surface area contributed by atoms with E-state index < -0.39 is 11.9 Å². The molecule has 4 heteroatoms. The smallest absolute Gasteiger partial charge is 0.334 e. The number of carbonyl (C=O) groups is 1. The predicted molar refractivity (Wildman–Crippen MR) is 113 cm³/mol. The first-order chi connectivity index (χ1) is 12.8. The van der Waals surface area contributed by atoms with Crippen LogP contribution in [0.2, 0.25) is 0 Å². The van der Waals surface area contributed by atoms with E-state index in [1.54, 1.807) is 0 Å². The summed E-state index contributed by atoms with van der Waals surface area (Å²) in [7, 11) is 0. The van der Waals surface area contributed by atoms with Crippen LogP contribution in [0.15, 0.2) is 46.8 Å². The van der Waals surface area contributed by atoms with Crippen molar-refractivity contribution in [3.05, 3.63) is 57.9 Å². The van der Waals surface area contributed by atoms with Gasteiger partial charge in [-0.3, -0.25) is 0 Å². The molecular formula is C24H32N2O2. The third-order valence-electron chi connectivity index (χ3n) is 4.71. The van der Waals surface area contributed by atoms with Crippen LogP contribution in [0.3, 0.4) is 0 Å². The number of nitriles is 1. The molecule has 1 aromatic carbocycles. The summed E-state index contributed by atoms with van der Waals surface area (Å²) in [5.41, 5.74) is 4.17. The van der Waals surface area contributed by atoms with E-state index in [1.165, 1.54) is 0 Å². The SMILES string of the molecule is Cc1ccc(C2C(C#N)=C(CC(C)(C)C)NC(CC(C)(C)C)=C2C(=O)O)cc1. The minimum absolute atomic E-state index is 0.0319. The zero-order valence-corrected chi connectivity index (χ0v) is 18.1. The summed E-state index contributed by atoms with van der Waals surface area (Å²) >= 11 is 0. The number of carboxylic acids is 1. The molecule has 0 amide bonds. The van der Waals surface area contributed by atoms with Gasteiger partial charge in [0.1, 0.15) is 0 Å². The lowest BCUT2D eigenvalue weighted by molar-refractivity contribution is -0.133. The second-order valence-electron chi connectivity index (χ2n) is 10.1. The number of benzene rings is 1. The Bertz CT molecular complexity index is 854. The quantitative estimate of drug-likeness (QED) is 0.706. The highest BCUT2D eigenvalue weighted by Crippen LogP contribution is 2.42. The minimum atomic E-state index is -0.972. The Labute approximate surface area is 169 Å². The second kappa shape index (κ2) is 7.83. The van der Waals surface area contributed by atoms with E-state index in [4.69, 9.17) is 0 Å². The molecule has 1 unspecified atom stereocenters. The summed E-state index contributed by atoms with van der Waals surface area (Å²) in [6.07, 6.45) is 1.28. The lowest BCUT2D eigenvalue weighted by Gasteiger charge is -2.34. The van der Waals surface area contributed by atoms with E-state index in [2.05, 4.69) is 52.9 Å². The standard InChI is InChI=1S/C24H32N2O2/c1-15-8-10-16(11-9-15)20-17(14-25)18(12-23(2,3)4)26-19(13-24(5,6)7)21(20)22(27)28/h8-11,20,26H,12-13H2,1-7H3,(H,27,28). The van der Waals surface area contributed by atoms with Crippen molar-refractivity contribution >= 4 is 5.97 Å². The van der Waals surface area contributed by atoms with Crippen LogP contribution >= 0.6 is 0 Å². The van der Waals surface area contributed by atoms with Crippen LogP contribution in [-0.2, 0) is 4.79 Å². The lowest BCUT2D eigenvalue weighted by atomic mass is 9.75. The Morgan fingerprint density at radius 1 is 1.04 bits per heavy atom. The van der Waals surface area contributed by atoms with Gasteiger partial charge in [-0.2, -0.15) is 5.26 Å². The molecule has 1 aromatic rings. The van der Waals surface area contributed by atoms with Gasteiger partial charge in [-0.15, -0.1) is 0 Å². The maximum atomic E-state index is 12.3. The van der Waals surface area contributed by atoms with Crippen LogP contribution in [0, 0.1) is 29.1 Å². The maximum absolute atomic E-state index is 12.3. The lowest BCUT2D eigenvalue weighted by Crippen LogP contribution is -2.33. The molecule has 1 heterocycles. The Morgan fingerprint density at radius 3 is 1.96 bits per heavy atom. The second-order valence-corrected chi connectivity index (χ2v) is 10.1. The number of dihydropyridines is 1. The molecule has 0 aliphatic carbocycles. The van der Waals surface area contributed by atoms with E-state index in [0.717, 1.165) is 16.8 Å². The van der Waals surface area contributed by atoms with Crippen LogP contribution in [0.25, 0.3) is 0 Å². The highest BCUT2D eigenvalue weighted by molar-refractivity contribution is 5.91. The molecule has 0 radical (unpaired) electrons. The van der Waals surface area contributed by atoms with Gasteiger partial charge < -0.3 is 10.4 Å². The molecule has 0 aromatic heterocycles. The van der Waals surface area contributed by atoms with Crippen molar-refractivity contribution < 1.29 is 9.90 Å². The summed E-state index contributed by atoms with van der Waals surface area (Å²) in [6.45, 7) is 14.6. The number of aryl methyl sites for hydroxylation is 1. The zero-order chi connectivity index (χ0) is 21.3. The number of rotatable bonds is 4. The normalized spacial score (nSPS) is 18.0. The van der Waals surface area contributed by atoms with Crippen molar-refractivity contribution in [3.63, 3.8) is 0 Å². The van der Waals surface area contributed by atoms with Crippen LogP contribution in [0.5, 0.6) is 0 Å². The van der Waals surface area contributed by atoms with Crippen LogP contribution in [0.4, 0.5) is 0 Å². The third-order valence-corrected chi connectivity index (χ3v) is 4.71. The van der Waals surface area contributed by atoms with Crippen molar-refractivity contribution in [1.29, 1.82) is 5.26 Å². The van der Waals surface area contributed by atoms with Gasteiger partial charge in [0, 0.05) is 11.4 Å². The summed E-state index contributed by atoms with van der Waals surface area (Å²) in [5.74, 6) is -1.53. The molecule has 2 N–H and O–H groups in total. The monoisotopic (exact) mass is 380 g/mol. The van der Waals surface area contributed by atoms with Crippen LogP contribution in [0.1, 0.15) is 71.4 Å². The van der Waals surface area contributed by atoms with Crippen molar-refractivity contribution in [2.24, 2.45) is 10.8 Å². The van der Waals surface area contributed by atoms with Gasteiger partial charge >= 0.3 is 5.97 Å². The van der Waals surface area contributed by atoms with Gasteiger partial charge in [0.25, 0.3) is 0 Å². The highest BCUT2D eigenvalue weighted by Gasteiger charge is 2.37. The Balaban J connectivity index is 2.74. The molecule has 0 saturated heterocycles. The van der Waals surface area contributed by atoms with Gasteiger partial charge in [0.05, 0.1) is 23.1 Å². The minimum Gasteiger partial charge on any atom is -0.478 e. The fourth-order valence-electron chi connectivity index (χ4n) is 3.63. The van der Waals surface area contributed by atoms with Crippen LogP contribution in [-0.4, -0.2) is 11.1 Å². The average molecular weight is 381 g/mol. The first kappa shape index (κ1) is 21.8. The first-order valence-electron chi connectivity index (χ1n) is 9.75. The number of nitrogens with one attached hydrogen (secondary N) is 1. The molecule has 2 rings (SSSR count). The molecule has 1 aliphatic heterocycles. The molecule has 1 aliphatic rings. The van der Waals surface area contributed by atoms with Gasteiger partial charge in [-0.25, -0.2) is 4.79 Å². The Hall–Kier alpha value is -2.54. The Kier molecular flexibility index (Phi) is 6.09. The van der Waals surface area contributed by atoms with Gasteiger partial charge in [0.2, 0.25) is 0 Å². The summed E-state index contributed by atoms with van der Waals surface area (Å²) in [6, 6.07) is 10.1. The molecule has 150 valence electrons. The number of nitrogens with zero attached hydrogens (tertiary/aromatic N) is 1. The summed E-state index contributed by atoms with van der Waals surface area (Å²) in [4.78, 5) is 12.3. The highest BCUT2D eigenvalue weighted by atomic mass is 16.4. The average Bonchev–Trinajstić information content (AvgIpc) is 2.51. The fraction of sp³-hybridized carbons (Fsp3) is 0.500. The molecule has 4 nitrogen and oxygen atoms in total. The molecular weight excluding hydrogens is 348 g/mol. The topological polar surface area (TPSA) is 73.1 Å². The van der Waals surface area contributed by atoms with Gasteiger partial charge in [0.15, 0.2) is 0 Å². The van der Waals surface area contributed by atoms with Crippen LogP contribution < -0.4 is 5.32 Å². The summed E-state index contributed by atoms with van der Waals surface area (Å²) < 4.78 is 0. The number of aliphatic carboxylic acids is 1. The van der Waals surface area contributed by atoms with E-state index in [1.807, 2.05) is 31.2 Å². The van der Waals surface area contributed by atoms with Crippen molar-refractivity contribution in [3.8, 4) is 6.07 Å². The molecule has 1 atom stereocenters. The van der Waals surface area contributed by atoms with E-state index >= 15 is 0 Å². The van der Waals surface area contributed by atoms with Gasteiger partial charge in [-0.1, -0.05) is 71.4 Å². The fourth-order valence-corrected chi connectivity index (χ4v) is 3.63. The van der Waals surface area contributed by atoms with Crippen molar-refractivity contribution in [1.82, 2.24) is 5.32 Å². The molecule has 0 bridgehead atoms. The van der Waals surface area contributed by atoms with Crippen molar-refractivity contribution in [2.45, 2.75) is 67.2 Å². The number of hydrogen-bond donors (Lipinski definition) is 2. The molecule has 0 fully saturated rings. The van der Waals surface area contributed by atoms with Gasteiger partial charge in [-0.05, 0) is 36.2 Å². The van der Waals surface area contributed by atoms with E-state index in [0.29, 0.717) is 24.1 Å². The predicted octanol–water partition coefficient (Wildman–Crippen LogP) is 5.67. The summed E-state index contributed by atoms with van der Waals surface area (Å²) in [5, 5.41) is 23.5. The molecule has 0 saturated carbocycles. The zero-order valence-electron chi connectivity index (χ0n) is 18.1. The number of carboxylic acid groups (broad SMARTS) is 1.